The quantitative estimate of drug-likeness (QED) is 0.751. The van der Waals surface area contributed by atoms with Crippen molar-refractivity contribution < 1.29 is 4.39 Å². The van der Waals surface area contributed by atoms with Crippen molar-refractivity contribution in [1.82, 2.24) is 5.32 Å². The van der Waals surface area contributed by atoms with Gasteiger partial charge in [0.2, 0.25) is 0 Å². The first kappa shape index (κ1) is 16.5. The van der Waals surface area contributed by atoms with Crippen LogP contribution in [0.3, 0.4) is 0 Å². The Hall–Kier alpha value is -0.840. The van der Waals surface area contributed by atoms with E-state index in [1.54, 1.807) is 17.8 Å². The lowest BCUT2D eigenvalue weighted by Crippen LogP contribution is -2.35. The largest absolute Gasteiger partial charge is 0.308 e. The summed E-state index contributed by atoms with van der Waals surface area (Å²) < 4.78 is 15.2. The van der Waals surface area contributed by atoms with Gasteiger partial charge in [-0.1, -0.05) is 30.0 Å². The predicted molar refractivity (Wildman–Crippen MR) is 91.3 cm³/mol. The summed E-state index contributed by atoms with van der Waals surface area (Å²) in [6, 6.07) is 13.2. The van der Waals surface area contributed by atoms with Gasteiger partial charge in [-0.25, -0.2) is 4.39 Å². The molecule has 0 amide bonds. The molecule has 0 atom stereocenters. The normalized spacial score (nSPS) is 11.7. The Labute approximate surface area is 138 Å². The third-order valence-electron chi connectivity index (χ3n) is 2.93. The molecule has 112 valence electrons. The number of nitrogens with one attached hydrogen (secondary N) is 1. The summed E-state index contributed by atoms with van der Waals surface area (Å²) in [6.07, 6.45) is 0. The Balaban J connectivity index is 2.27. The summed E-state index contributed by atoms with van der Waals surface area (Å²) in [5.74, 6) is -0.163. The van der Waals surface area contributed by atoms with Gasteiger partial charge in [-0.2, -0.15) is 0 Å². The van der Waals surface area contributed by atoms with Gasteiger partial charge in [0.05, 0.1) is 0 Å². The number of benzene rings is 2. The fourth-order valence-corrected chi connectivity index (χ4v) is 3.32. The molecule has 0 saturated carbocycles. The first-order chi connectivity index (χ1) is 9.87. The molecule has 1 N–H and O–H groups in total. The van der Waals surface area contributed by atoms with Crippen LogP contribution in [0.1, 0.15) is 26.3 Å². The van der Waals surface area contributed by atoms with Gasteiger partial charge in [0.25, 0.3) is 0 Å². The second-order valence-corrected chi connectivity index (χ2v) is 7.79. The molecule has 1 nitrogen and oxygen atoms in total. The first-order valence-electron chi connectivity index (χ1n) is 6.81. The van der Waals surface area contributed by atoms with E-state index in [4.69, 9.17) is 0 Å². The van der Waals surface area contributed by atoms with Gasteiger partial charge in [-0.15, -0.1) is 0 Å². The Morgan fingerprint density at radius 2 is 1.71 bits per heavy atom. The highest BCUT2D eigenvalue weighted by Gasteiger charge is 2.14. The number of hydrogen-bond acceptors (Lipinski definition) is 2. The Kier molecular flexibility index (Phi) is 5.47. The minimum atomic E-state index is -0.163. The van der Waals surface area contributed by atoms with Crippen LogP contribution in [0.5, 0.6) is 0 Å². The SMILES string of the molecule is CC(C)(C)NCc1c(F)cccc1Sc1ccccc1Br. The van der Waals surface area contributed by atoms with E-state index in [-0.39, 0.29) is 11.4 Å². The highest BCUT2D eigenvalue weighted by Crippen LogP contribution is 2.36. The minimum absolute atomic E-state index is 0.0441. The van der Waals surface area contributed by atoms with Gasteiger partial charge < -0.3 is 5.32 Å². The lowest BCUT2D eigenvalue weighted by molar-refractivity contribution is 0.416. The molecule has 2 aromatic rings. The molecule has 4 heteroatoms. The van der Waals surface area contributed by atoms with Crippen molar-refractivity contribution in [3.8, 4) is 0 Å². The molecule has 0 aliphatic heterocycles. The highest BCUT2D eigenvalue weighted by atomic mass is 79.9. The zero-order valence-corrected chi connectivity index (χ0v) is 14.8. The van der Waals surface area contributed by atoms with Gasteiger partial charge in [0.1, 0.15) is 5.82 Å². The van der Waals surface area contributed by atoms with Crippen LogP contribution in [0.15, 0.2) is 56.7 Å². The molecule has 2 rings (SSSR count). The predicted octanol–water partition coefficient (Wildman–Crippen LogP) is 5.63. The molecule has 0 aliphatic carbocycles. The maximum Gasteiger partial charge on any atom is 0.128 e. The molecular formula is C17H19BrFNS. The van der Waals surface area contributed by atoms with Crippen LogP contribution >= 0.6 is 27.7 Å². The molecule has 0 heterocycles. The molecule has 0 fully saturated rings. The molecule has 0 spiro atoms. The van der Waals surface area contributed by atoms with E-state index in [2.05, 4.69) is 42.0 Å². The number of hydrogen-bond donors (Lipinski definition) is 1. The van der Waals surface area contributed by atoms with Crippen molar-refractivity contribution in [2.24, 2.45) is 0 Å². The summed E-state index contributed by atoms with van der Waals surface area (Å²) in [4.78, 5) is 2.03. The van der Waals surface area contributed by atoms with E-state index < -0.39 is 0 Å². The second kappa shape index (κ2) is 6.95. The van der Waals surface area contributed by atoms with Crippen molar-refractivity contribution in [1.29, 1.82) is 0 Å². The summed E-state index contributed by atoms with van der Waals surface area (Å²) >= 11 is 5.12. The average Bonchev–Trinajstić information content (AvgIpc) is 2.39. The van der Waals surface area contributed by atoms with Crippen LogP contribution in [0, 0.1) is 5.82 Å². The lowest BCUT2D eigenvalue weighted by atomic mass is 10.1. The van der Waals surface area contributed by atoms with Gasteiger partial charge in [-0.05, 0) is 61.0 Å². The highest BCUT2D eigenvalue weighted by molar-refractivity contribution is 9.10. The standard InChI is InChI=1S/C17H19BrFNS/c1-17(2,3)20-11-12-14(19)8-6-10-15(12)21-16-9-5-4-7-13(16)18/h4-10,20H,11H2,1-3H3. The second-order valence-electron chi connectivity index (χ2n) is 5.85. The van der Waals surface area contributed by atoms with Crippen molar-refractivity contribution in [2.45, 2.75) is 42.6 Å². The van der Waals surface area contributed by atoms with Crippen LogP contribution in [-0.4, -0.2) is 5.54 Å². The first-order valence-corrected chi connectivity index (χ1v) is 8.42. The molecule has 0 aliphatic rings. The van der Waals surface area contributed by atoms with Crippen molar-refractivity contribution in [2.75, 3.05) is 0 Å². The fourth-order valence-electron chi connectivity index (χ4n) is 1.81. The maximum atomic E-state index is 14.2. The molecule has 0 radical (unpaired) electrons. The smallest absolute Gasteiger partial charge is 0.128 e. The zero-order valence-electron chi connectivity index (χ0n) is 12.4. The Morgan fingerprint density at radius 3 is 2.38 bits per heavy atom. The molecular weight excluding hydrogens is 349 g/mol. The topological polar surface area (TPSA) is 12.0 Å². The zero-order chi connectivity index (χ0) is 15.5. The number of rotatable bonds is 4. The third-order valence-corrected chi connectivity index (χ3v) is 5.06. The molecule has 21 heavy (non-hydrogen) atoms. The molecule has 2 aromatic carbocycles. The third kappa shape index (κ3) is 4.83. The van der Waals surface area contributed by atoms with Gasteiger partial charge in [0, 0.05) is 31.9 Å². The van der Waals surface area contributed by atoms with Crippen molar-refractivity contribution >= 4 is 27.7 Å². The maximum absolute atomic E-state index is 14.2. The van der Waals surface area contributed by atoms with E-state index in [1.165, 1.54) is 6.07 Å². The van der Waals surface area contributed by atoms with Crippen LogP contribution in [0.25, 0.3) is 0 Å². The number of halogens is 2. The molecule has 0 saturated heterocycles. The van der Waals surface area contributed by atoms with E-state index in [0.29, 0.717) is 12.1 Å². The van der Waals surface area contributed by atoms with Gasteiger partial charge >= 0.3 is 0 Å². The van der Waals surface area contributed by atoms with Gasteiger partial charge in [-0.3, -0.25) is 0 Å². The Bertz CT molecular complexity index is 622. The summed E-state index contributed by atoms with van der Waals surface area (Å²) in [7, 11) is 0. The Morgan fingerprint density at radius 1 is 1.05 bits per heavy atom. The van der Waals surface area contributed by atoms with Crippen LogP contribution < -0.4 is 5.32 Å². The molecule has 0 aromatic heterocycles. The van der Waals surface area contributed by atoms with Crippen molar-refractivity contribution in [3.05, 3.63) is 58.3 Å². The van der Waals surface area contributed by atoms with Crippen LogP contribution in [0.4, 0.5) is 4.39 Å². The lowest BCUT2D eigenvalue weighted by Gasteiger charge is -2.22. The van der Waals surface area contributed by atoms with Crippen molar-refractivity contribution in [3.63, 3.8) is 0 Å². The summed E-state index contributed by atoms with van der Waals surface area (Å²) in [6.45, 7) is 6.75. The van der Waals surface area contributed by atoms with Gasteiger partial charge in [0.15, 0.2) is 0 Å². The summed E-state index contributed by atoms with van der Waals surface area (Å²) in [5.41, 5.74) is 0.672. The van der Waals surface area contributed by atoms with Crippen LogP contribution in [-0.2, 0) is 6.54 Å². The van der Waals surface area contributed by atoms with E-state index >= 15 is 0 Å². The summed E-state index contributed by atoms with van der Waals surface area (Å²) in [5, 5.41) is 3.35. The monoisotopic (exact) mass is 367 g/mol. The minimum Gasteiger partial charge on any atom is -0.308 e. The van der Waals surface area contributed by atoms with E-state index in [1.807, 2.05) is 30.3 Å². The molecule has 0 unspecified atom stereocenters. The average molecular weight is 368 g/mol. The van der Waals surface area contributed by atoms with E-state index in [0.717, 1.165) is 14.3 Å². The fraction of sp³-hybridized carbons (Fsp3) is 0.294. The molecule has 0 bridgehead atoms. The van der Waals surface area contributed by atoms with E-state index in [9.17, 15) is 4.39 Å². The van der Waals surface area contributed by atoms with Crippen LogP contribution in [0.2, 0.25) is 0 Å².